The molecule has 4 aromatic rings. The van der Waals surface area contributed by atoms with Crippen LogP contribution in [0.15, 0.2) is 107 Å². The number of amides is 2. The fourth-order valence-corrected chi connectivity index (χ4v) is 4.18. The molecule has 12 nitrogen and oxygen atoms in total. The number of hydrogen-bond donors (Lipinski definition) is 2. The largest absolute Gasteiger partial charge is 0.497 e. The fraction of sp³-hybridized carbons (Fsp3) is 0.278. The van der Waals surface area contributed by atoms with Gasteiger partial charge in [0.15, 0.2) is 0 Å². The molecule has 0 saturated carbocycles. The zero-order chi connectivity index (χ0) is 34.9. The van der Waals surface area contributed by atoms with Crippen LogP contribution < -0.4 is 30.3 Å². The topological polar surface area (TPSA) is 126 Å². The van der Waals surface area contributed by atoms with Crippen LogP contribution in [0, 0.1) is 0 Å². The van der Waals surface area contributed by atoms with Crippen molar-refractivity contribution in [3.8, 4) is 11.5 Å². The van der Waals surface area contributed by atoms with Crippen molar-refractivity contribution in [2.24, 2.45) is 10.2 Å². The lowest BCUT2D eigenvalue weighted by Crippen LogP contribution is -2.41. The third kappa shape index (κ3) is 10.4. The Hall–Kier alpha value is -5.78. The first-order chi connectivity index (χ1) is 22.7. The third-order valence-corrected chi connectivity index (χ3v) is 6.25. The van der Waals surface area contributed by atoms with E-state index < -0.39 is 23.4 Å². The molecule has 0 aliphatic carbocycles. The summed E-state index contributed by atoms with van der Waals surface area (Å²) >= 11 is 0. The first-order valence-electron chi connectivity index (χ1n) is 15.2. The number of hydrazine groups is 2. The Morgan fingerprint density at radius 3 is 1.33 bits per heavy atom. The van der Waals surface area contributed by atoms with Crippen LogP contribution in [0.1, 0.15) is 41.5 Å². The maximum atomic E-state index is 13.5. The second-order valence-corrected chi connectivity index (χ2v) is 12.6. The second kappa shape index (κ2) is 15.2. The minimum atomic E-state index is -0.770. The minimum Gasteiger partial charge on any atom is -0.497 e. The van der Waals surface area contributed by atoms with Crippen molar-refractivity contribution >= 4 is 46.3 Å². The van der Waals surface area contributed by atoms with Gasteiger partial charge >= 0.3 is 12.2 Å². The van der Waals surface area contributed by atoms with Gasteiger partial charge in [-0.05, 0) is 120 Å². The Kier molecular flexibility index (Phi) is 11.1. The Balaban J connectivity index is 1.78. The van der Waals surface area contributed by atoms with Gasteiger partial charge in [-0.1, -0.05) is 18.2 Å². The summed E-state index contributed by atoms with van der Waals surface area (Å²) in [6, 6.07) is 28.2. The second-order valence-electron chi connectivity index (χ2n) is 12.6. The van der Waals surface area contributed by atoms with E-state index in [1.54, 1.807) is 122 Å². The van der Waals surface area contributed by atoms with E-state index in [0.29, 0.717) is 45.6 Å². The molecule has 0 aliphatic heterocycles. The smallest absolute Gasteiger partial charge is 0.433 e. The molecule has 0 bridgehead atoms. The van der Waals surface area contributed by atoms with Crippen LogP contribution in [0.5, 0.6) is 11.5 Å². The van der Waals surface area contributed by atoms with Gasteiger partial charge < -0.3 is 18.9 Å². The Morgan fingerprint density at radius 2 is 0.958 bits per heavy atom. The van der Waals surface area contributed by atoms with E-state index in [1.165, 1.54) is 10.0 Å². The summed E-state index contributed by atoms with van der Waals surface area (Å²) in [5.41, 5.74) is 7.68. The van der Waals surface area contributed by atoms with Crippen LogP contribution >= 0.6 is 0 Å². The van der Waals surface area contributed by atoms with E-state index in [2.05, 4.69) is 21.1 Å². The van der Waals surface area contributed by atoms with Crippen molar-refractivity contribution in [3.63, 3.8) is 0 Å². The zero-order valence-electron chi connectivity index (χ0n) is 28.5. The van der Waals surface area contributed by atoms with Crippen molar-refractivity contribution in [3.05, 3.63) is 97.1 Å². The van der Waals surface area contributed by atoms with Crippen LogP contribution in [0.2, 0.25) is 0 Å². The number of benzene rings is 4. The number of nitrogens with one attached hydrogen (secondary N) is 2. The molecule has 0 fully saturated rings. The predicted octanol–water partition coefficient (Wildman–Crippen LogP) is 9.66. The highest BCUT2D eigenvalue weighted by atomic mass is 16.6. The van der Waals surface area contributed by atoms with Gasteiger partial charge in [0.05, 0.1) is 48.3 Å². The van der Waals surface area contributed by atoms with Gasteiger partial charge in [0.1, 0.15) is 22.7 Å². The normalized spacial score (nSPS) is 11.4. The molecule has 0 radical (unpaired) electrons. The predicted molar refractivity (Wildman–Crippen MR) is 188 cm³/mol. The lowest BCUT2D eigenvalue weighted by Gasteiger charge is -2.30. The monoisotopic (exact) mass is 654 g/mol. The van der Waals surface area contributed by atoms with Gasteiger partial charge in [0.25, 0.3) is 0 Å². The summed E-state index contributed by atoms with van der Waals surface area (Å²) < 4.78 is 22.1. The van der Waals surface area contributed by atoms with E-state index in [1.807, 2.05) is 30.3 Å². The summed E-state index contributed by atoms with van der Waals surface area (Å²) in [5.74, 6) is 1.25. The number of hydrogen-bond acceptors (Lipinski definition) is 10. The number of rotatable bonds is 10. The maximum absolute atomic E-state index is 13.5. The number of methoxy groups -OCH3 is 2. The van der Waals surface area contributed by atoms with Crippen LogP contribution in [0.4, 0.5) is 43.7 Å². The highest BCUT2D eigenvalue weighted by Gasteiger charge is 2.26. The minimum absolute atomic E-state index is 0.420. The lowest BCUT2D eigenvalue weighted by atomic mass is 10.2. The molecule has 0 saturated heterocycles. The summed E-state index contributed by atoms with van der Waals surface area (Å²) in [5, 5.41) is 11.4. The standard InChI is InChI=1S/C36H42N6O6/c1-35(2,3)47-33(43)41(29-14-18-31(45-7)19-15-29)39-27-22-26(38-37-25-12-10-9-11-13-25)23-28(24-27)40-42(34(44)48-36(4,5)6)30-16-20-32(46-8)21-17-30/h9-24,39-40H,1-8H3. The molecule has 252 valence electrons. The molecular formula is C36H42N6O6. The van der Waals surface area contributed by atoms with Crippen molar-refractivity contribution in [1.82, 2.24) is 0 Å². The van der Waals surface area contributed by atoms with Crippen LogP contribution in [-0.4, -0.2) is 37.6 Å². The van der Waals surface area contributed by atoms with Gasteiger partial charge in [0.2, 0.25) is 0 Å². The summed E-state index contributed by atoms with van der Waals surface area (Å²) in [4.78, 5) is 27.0. The van der Waals surface area contributed by atoms with Crippen LogP contribution in [0.25, 0.3) is 0 Å². The Morgan fingerprint density at radius 1 is 0.562 bits per heavy atom. The molecule has 48 heavy (non-hydrogen) atoms. The Bertz CT molecular complexity index is 1600. The molecule has 0 heterocycles. The lowest BCUT2D eigenvalue weighted by molar-refractivity contribution is 0.0578. The van der Waals surface area contributed by atoms with Crippen molar-refractivity contribution in [1.29, 1.82) is 0 Å². The molecule has 2 amide bonds. The zero-order valence-corrected chi connectivity index (χ0v) is 28.5. The molecule has 0 spiro atoms. The maximum Gasteiger partial charge on any atom is 0.433 e. The summed E-state index contributed by atoms with van der Waals surface area (Å²) in [7, 11) is 3.13. The molecular weight excluding hydrogens is 612 g/mol. The molecule has 0 unspecified atom stereocenters. The van der Waals surface area contributed by atoms with Gasteiger partial charge in [0, 0.05) is 0 Å². The average Bonchev–Trinajstić information content (AvgIpc) is 3.04. The van der Waals surface area contributed by atoms with Crippen LogP contribution in [-0.2, 0) is 9.47 Å². The quantitative estimate of drug-likeness (QED) is 0.128. The third-order valence-electron chi connectivity index (χ3n) is 6.25. The SMILES string of the molecule is COc1ccc(N(Nc2cc(N=Nc3ccccc3)cc(NN(C(=O)OC(C)(C)C)c3ccc(OC)cc3)c2)C(=O)OC(C)(C)C)cc1. The number of ether oxygens (including phenoxy) is 4. The number of carbonyl (C=O) groups excluding carboxylic acids is 2. The van der Waals surface area contributed by atoms with Gasteiger partial charge in [-0.15, -0.1) is 0 Å². The van der Waals surface area contributed by atoms with Crippen LogP contribution in [0.3, 0.4) is 0 Å². The Labute approximate surface area is 281 Å². The van der Waals surface area contributed by atoms with Gasteiger partial charge in [-0.25, -0.2) is 9.59 Å². The molecule has 12 heteroatoms. The molecule has 2 N–H and O–H groups in total. The van der Waals surface area contributed by atoms with Gasteiger partial charge in [-0.2, -0.15) is 20.2 Å². The molecule has 0 aromatic heterocycles. The summed E-state index contributed by atoms with van der Waals surface area (Å²) in [6.45, 7) is 10.7. The van der Waals surface area contributed by atoms with E-state index in [4.69, 9.17) is 18.9 Å². The van der Waals surface area contributed by atoms with Crippen molar-refractivity contribution in [2.75, 3.05) is 35.1 Å². The number of nitrogens with zero attached hydrogens (tertiary/aromatic N) is 4. The highest BCUT2D eigenvalue weighted by Crippen LogP contribution is 2.31. The fourth-order valence-electron chi connectivity index (χ4n) is 4.18. The highest BCUT2D eigenvalue weighted by molar-refractivity contribution is 5.92. The first kappa shape index (κ1) is 35.1. The molecule has 4 rings (SSSR count). The van der Waals surface area contributed by atoms with Gasteiger partial charge in [-0.3, -0.25) is 10.9 Å². The summed E-state index contributed by atoms with van der Waals surface area (Å²) in [6.07, 6.45) is -1.29. The van der Waals surface area contributed by atoms with E-state index in [-0.39, 0.29) is 0 Å². The van der Waals surface area contributed by atoms with Crippen molar-refractivity contribution in [2.45, 2.75) is 52.7 Å². The number of azo groups is 1. The first-order valence-corrected chi connectivity index (χ1v) is 15.2. The molecule has 0 aliphatic rings. The molecule has 0 atom stereocenters. The van der Waals surface area contributed by atoms with E-state index in [0.717, 1.165) is 0 Å². The average molecular weight is 655 g/mol. The van der Waals surface area contributed by atoms with Crippen molar-refractivity contribution < 1.29 is 28.5 Å². The molecule has 4 aromatic carbocycles. The van der Waals surface area contributed by atoms with E-state index in [9.17, 15) is 9.59 Å². The number of anilines is 4. The van der Waals surface area contributed by atoms with E-state index >= 15 is 0 Å². The number of carbonyl (C=O) groups is 2.